The molecule has 0 aromatic heterocycles. The predicted octanol–water partition coefficient (Wildman–Crippen LogP) is 2.66. The zero-order valence-corrected chi connectivity index (χ0v) is 15.3. The highest BCUT2D eigenvalue weighted by Crippen LogP contribution is 2.10. The van der Waals surface area contributed by atoms with Gasteiger partial charge in [0, 0.05) is 0 Å². The Morgan fingerprint density at radius 1 is 0.571 bits per heavy atom. The highest BCUT2D eigenvalue weighted by molar-refractivity contribution is 4.81. The first kappa shape index (κ1) is 23.3. The lowest BCUT2D eigenvalue weighted by Gasteiger charge is -1.99. The molecule has 0 atom stereocenters. The Kier molecular flexibility index (Phi) is 24.7. The molecule has 0 amide bonds. The van der Waals surface area contributed by atoms with Crippen LogP contribution in [0.3, 0.4) is 0 Å². The van der Waals surface area contributed by atoms with E-state index in [0.29, 0.717) is 0 Å². The van der Waals surface area contributed by atoms with E-state index in [1.807, 2.05) is 0 Å². The number of unbranched alkanes of at least 4 members (excludes halogenated alkanes) is 13. The highest BCUT2D eigenvalue weighted by Gasteiger charge is 1.91. The molecule has 0 aliphatic heterocycles. The zero-order chi connectivity index (χ0) is 14.7. The van der Waals surface area contributed by atoms with Crippen LogP contribution >= 0.6 is 0 Å². The van der Waals surface area contributed by atoms with Crippen LogP contribution in [0.5, 0.6) is 0 Å². The topological polar surface area (TPSA) is 27.6 Å². The lowest BCUT2D eigenvalue weighted by Crippen LogP contribution is -3.00. The molecule has 0 aromatic rings. The molecule has 0 fully saturated rings. The van der Waals surface area contributed by atoms with Crippen LogP contribution in [0.4, 0.5) is 0 Å². The third-order valence-electron chi connectivity index (χ3n) is 4.01. The summed E-state index contributed by atoms with van der Waals surface area (Å²) in [6, 6.07) is 0. The first-order chi connectivity index (χ1) is 9.91. The van der Waals surface area contributed by atoms with E-state index in [0.717, 1.165) is 6.54 Å². The van der Waals surface area contributed by atoms with E-state index in [9.17, 15) is 0 Å². The minimum absolute atomic E-state index is 0. The van der Waals surface area contributed by atoms with Crippen molar-refractivity contribution < 1.29 is 18.1 Å². The minimum Gasteiger partial charge on any atom is -1.00 e. The summed E-state index contributed by atoms with van der Waals surface area (Å²) in [4.78, 5) is 0. The van der Waals surface area contributed by atoms with Gasteiger partial charge in [-0.2, -0.15) is 0 Å². The Labute approximate surface area is 140 Å². The second-order valence-corrected chi connectivity index (χ2v) is 6.14. The zero-order valence-electron chi connectivity index (χ0n) is 14.6. The largest absolute Gasteiger partial charge is 1.00 e. The van der Waals surface area contributed by atoms with Crippen molar-refractivity contribution in [1.82, 2.24) is 0 Å². The molecular weight excluding hydrogens is 278 g/mol. The second kappa shape index (κ2) is 22.3. The van der Waals surface area contributed by atoms with Crippen molar-refractivity contribution in [2.75, 3.05) is 6.54 Å². The molecule has 0 rings (SSSR count). The fourth-order valence-electron chi connectivity index (χ4n) is 2.60. The molecule has 1 nitrogen and oxygen atoms in total. The van der Waals surface area contributed by atoms with E-state index in [2.05, 4.69) is 24.8 Å². The molecule has 21 heavy (non-hydrogen) atoms. The van der Waals surface area contributed by atoms with Crippen LogP contribution in [0.25, 0.3) is 0 Å². The number of halogens is 1. The van der Waals surface area contributed by atoms with Gasteiger partial charge in [0.2, 0.25) is 0 Å². The smallest absolute Gasteiger partial charge is 0.0739 e. The van der Waals surface area contributed by atoms with Crippen molar-refractivity contribution in [3.8, 4) is 0 Å². The normalized spacial score (nSPS) is 11.0. The lowest BCUT2D eigenvalue weighted by molar-refractivity contribution is -0.368. The van der Waals surface area contributed by atoms with Gasteiger partial charge in [-0.3, -0.25) is 0 Å². The van der Waals surface area contributed by atoms with Crippen molar-refractivity contribution in [3.05, 3.63) is 12.2 Å². The molecule has 0 heterocycles. The number of quaternary nitrogens is 1. The average Bonchev–Trinajstić information content (AvgIpc) is 2.47. The second-order valence-electron chi connectivity index (χ2n) is 6.14. The maximum absolute atomic E-state index is 3.89. The Bertz CT molecular complexity index is 192. The average molecular weight is 318 g/mol. The Morgan fingerprint density at radius 2 is 0.952 bits per heavy atom. The summed E-state index contributed by atoms with van der Waals surface area (Å²) >= 11 is 0. The summed E-state index contributed by atoms with van der Waals surface area (Å²) in [7, 11) is 0. The predicted molar refractivity (Wildman–Crippen MR) is 91.8 cm³/mol. The Hall–Kier alpha value is -0.0100. The van der Waals surface area contributed by atoms with Crippen LogP contribution in [0, 0.1) is 0 Å². The van der Waals surface area contributed by atoms with Gasteiger partial charge in [0.05, 0.1) is 6.54 Å². The van der Waals surface area contributed by atoms with Crippen molar-refractivity contribution >= 4 is 0 Å². The van der Waals surface area contributed by atoms with Gasteiger partial charge in [0.15, 0.2) is 0 Å². The molecule has 0 saturated carbocycles. The molecule has 0 unspecified atom stereocenters. The first-order valence-electron chi connectivity index (χ1n) is 9.36. The highest BCUT2D eigenvalue weighted by atomic mass is 35.5. The summed E-state index contributed by atoms with van der Waals surface area (Å²) in [6.45, 7) is 3.40. The summed E-state index contributed by atoms with van der Waals surface area (Å²) in [5.74, 6) is 0. The maximum Gasteiger partial charge on any atom is 0.0739 e. The molecule has 0 aliphatic carbocycles. The summed E-state index contributed by atoms with van der Waals surface area (Å²) in [5.41, 5.74) is 3.89. The molecule has 2 heteroatoms. The molecule has 0 aromatic carbocycles. The number of allylic oxidation sites excluding steroid dienone is 2. The fraction of sp³-hybridized carbons (Fsp3) is 0.895. The van der Waals surface area contributed by atoms with Gasteiger partial charge in [0.1, 0.15) is 0 Å². The van der Waals surface area contributed by atoms with E-state index >= 15 is 0 Å². The number of hydrogen-bond donors (Lipinski definition) is 1. The van der Waals surface area contributed by atoms with E-state index in [4.69, 9.17) is 0 Å². The van der Waals surface area contributed by atoms with Crippen molar-refractivity contribution in [2.24, 2.45) is 0 Å². The van der Waals surface area contributed by atoms with Crippen LogP contribution in [-0.2, 0) is 0 Å². The molecule has 0 saturated heterocycles. The minimum atomic E-state index is 0. The van der Waals surface area contributed by atoms with Crippen LogP contribution in [-0.4, -0.2) is 6.54 Å². The van der Waals surface area contributed by atoms with Crippen LogP contribution in [0.1, 0.15) is 103 Å². The monoisotopic (exact) mass is 317 g/mol. The molecule has 3 N–H and O–H groups in total. The van der Waals surface area contributed by atoms with Crippen molar-refractivity contribution in [1.29, 1.82) is 0 Å². The van der Waals surface area contributed by atoms with Crippen LogP contribution in [0.2, 0.25) is 0 Å². The van der Waals surface area contributed by atoms with Gasteiger partial charge in [0.25, 0.3) is 0 Å². The third kappa shape index (κ3) is 22.4. The van der Waals surface area contributed by atoms with Gasteiger partial charge >= 0.3 is 0 Å². The summed E-state index contributed by atoms with van der Waals surface area (Å²) in [6.07, 6.45) is 25.7. The van der Waals surface area contributed by atoms with Gasteiger partial charge in [-0.1, -0.05) is 76.9 Å². The molecule has 128 valence electrons. The van der Waals surface area contributed by atoms with Crippen molar-refractivity contribution in [2.45, 2.75) is 103 Å². The van der Waals surface area contributed by atoms with E-state index in [1.54, 1.807) is 0 Å². The molecule has 0 aliphatic rings. The van der Waals surface area contributed by atoms with Gasteiger partial charge in [-0.05, 0) is 38.5 Å². The Morgan fingerprint density at radius 3 is 1.38 bits per heavy atom. The lowest BCUT2D eigenvalue weighted by atomic mass is 10.1. The summed E-state index contributed by atoms with van der Waals surface area (Å²) in [5, 5.41) is 0. The standard InChI is InChI=1S/C19H39N.ClH/c1-2-3-4-5-6-7-8-9-10-11-12-13-14-15-16-17-18-19-20;/h9-10H,2-8,11-20H2,1H3;1H/b10-9-;. The van der Waals surface area contributed by atoms with Gasteiger partial charge in [-0.15, -0.1) is 0 Å². The third-order valence-corrected chi connectivity index (χ3v) is 4.01. The fourth-order valence-corrected chi connectivity index (χ4v) is 2.60. The summed E-state index contributed by atoms with van der Waals surface area (Å²) < 4.78 is 0. The van der Waals surface area contributed by atoms with E-state index in [1.165, 1.54) is 96.3 Å². The first-order valence-corrected chi connectivity index (χ1v) is 9.36. The SMILES string of the molecule is CCCCCCCC/C=C\CCCCCCCCC[NH3+].[Cl-]. The van der Waals surface area contributed by atoms with E-state index in [-0.39, 0.29) is 12.4 Å². The number of hydrogen-bond acceptors (Lipinski definition) is 0. The quantitative estimate of drug-likeness (QED) is 0.335. The van der Waals surface area contributed by atoms with Crippen LogP contribution in [0.15, 0.2) is 12.2 Å². The maximum atomic E-state index is 3.89. The van der Waals surface area contributed by atoms with E-state index < -0.39 is 0 Å². The molecule has 0 radical (unpaired) electrons. The number of rotatable bonds is 16. The van der Waals surface area contributed by atoms with Gasteiger partial charge < -0.3 is 18.1 Å². The van der Waals surface area contributed by atoms with Crippen LogP contribution < -0.4 is 18.1 Å². The molecule has 0 bridgehead atoms. The molecular formula is C19H40ClN. The van der Waals surface area contributed by atoms with Crippen molar-refractivity contribution in [3.63, 3.8) is 0 Å². The molecule has 0 spiro atoms. The van der Waals surface area contributed by atoms with Gasteiger partial charge in [-0.25, -0.2) is 0 Å². The Balaban J connectivity index is 0.